The minimum Gasteiger partial charge on any atom is -0.321 e. The Kier molecular flexibility index (Phi) is 11.6. The molecule has 244 valence electrons. The Hall–Kier alpha value is -4.99. The summed E-state index contributed by atoms with van der Waals surface area (Å²) in [5.74, 6) is -0.620. The average Bonchev–Trinajstić information content (AvgIpc) is 3.56. The SMILES string of the molecule is CCC(Sc1cccc(NC(=O)/C(=C\c2ccc(C(C)C)cc2)NC(=O)c2ccccc2)c1)C(=O)Nc1nc(-c2ccc(C)cc2)cs1. The summed E-state index contributed by atoms with van der Waals surface area (Å²) in [6, 6.07) is 32.1. The fourth-order valence-electron chi connectivity index (χ4n) is 4.79. The molecule has 7 nitrogen and oxygen atoms in total. The van der Waals surface area contributed by atoms with E-state index in [0.29, 0.717) is 28.7 Å². The number of benzene rings is 4. The highest BCUT2D eigenvalue weighted by atomic mass is 32.2. The highest BCUT2D eigenvalue weighted by Gasteiger charge is 2.21. The number of hydrogen-bond donors (Lipinski definition) is 3. The molecule has 5 aromatic rings. The number of amides is 3. The molecule has 1 unspecified atom stereocenters. The van der Waals surface area contributed by atoms with Crippen molar-refractivity contribution in [2.24, 2.45) is 0 Å². The third kappa shape index (κ3) is 9.30. The van der Waals surface area contributed by atoms with Gasteiger partial charge in [-0.2, -0.15) is 0 Å². The van der Waals surface area contributed by atoms with E-state index < -0.39 is 5.91 Å². The average molecular weight is 675 g/mol. The van der Waals surface area contributed by atoms with Crippen LogP contribution in [0.4, 0.5) is 10.8 Å². The van der Waals surface area contributed by atoms with E-state index in [1.165, 1.54) is 34.2 Å². The van der Waals surface area contributed by atoms with Gasteiger partial charge in [0.2, 0.25) is 5.91 Å². The van der Waals surface area contributed by atoms with Crippen molar-refractivity contribution in [1.29, 1.82) is 0 Å². The maximum absolute atomic E-state index is 13.6. The second-order valence-electron chi connectivity index (χ2n) is 11.6. The normalized spacial score (nSPS) is 12.0. The lowest BCUT2D eigenvalue weighted by atomic mass is 10.0. The summed E-state index contributed by atoms with van der Waals surface area (Å²) in [5, 5.41) is 10.8. The first-order valence-corrected chi connectivity index (χ1v) is 17.5. The van der Waals surface area contributed by atoms with Gasteiger partial charge in [-0.25, -0.2) is 4.98 Å². The van der Waals surface area contributed by atoms with Crippen LogP contribution in [0.2, 0.25) is 0 Å². The van der Waals surface area contributed by atoms with Gasteiger partial charge in [-0.05, 0) is 66.8 Å². The number of aryl methyl sites for hydroxylation is 1. The fraction of sp³-hybridized carbons (Fsp3) is 0.179. The molecule has 0 saturated heterocycles. The highest BCUT2D eigenvalue weighted by molar-refractivity contribution is 8.00. The lowest BCUT2D eigenvalue weighted by molar-refractivity contribution is -0.116. The Morgan fingerprint density at radius 3 is 2.29 bits per heavy atom. The molecule has 0 bridgehead atoms. The van der Waals surface area contributed by atoms with E-state index in [1.807, 2.05) is 92.0 Å². The van der Waals surface area contributed by atoms with Crippen molar-refractivity contribution < 1.29 is 14.4 Å². The molecule has 5 rings (SSSR count). The molecule has 0 aliphatic carbocycles. The summed E-state index contributed by atoms with van der Waals surface area (Å²) in [7, 11) is 0. The van der Waals surface area contributed by atoms with Crippen molar-refractivity contribution in [3.63, 3.8) is 0 Å². The van der Waals surface area contributed by atoms with Crippen LogP contribution in [0.5, 0.6) is 0 Å². The van der Waals surface area contributed by atoms with E-state index in [-0.39, 0.29) is 22.8 Å². The third-order valence-corrected chi connectivity index (χ3v) is 9.67. The number of thioether (sulfide) groups is 1. The quantitative estimate of drug-likeness (QED) is 0.0905. The summed E-state index contributed by atoms with van der Waals surface area (Å²) in [6.07, 6.45) is 2.26. The Bertz CT molecular complexity index is 1900. The summed E-state index contributed by atoms with van der Waals surface area (Å²) in [6.45, 7) is 8.24. The molecule has 48 heavy (non-hydrogen) atoms. The smallest absolute Gasteiger partial charge is 0.272 e. The highest BCUT2D eigenvalue weighted by Crippen LogP contribution is 2.30. The fourth-order valence-corrected chi connectivity index (χ4v) is 6.53. The molecule has 0 aliphatic heterocycles. The van der Waals surface area contributed by atoms with Crippen LogP contribution in [0.1, 0.15) is 60.2 Å². The van der Waals surface area contributed by atoms with Crippen molar-refractivity contribution in [2.75, 3.05) is 10.6 Å². The van der Waals surface area contributed by atoms with E-state index in [1.54, 1.807) is 36.4 Å². The molecule has 0 radical (unpaired) electrons. The Morgan fingerprint density at radius 2 is 1.60 bits per heavy atom. The van der Waals surface area contributed by atoms with Crippen LogP contribution in [0.3, 0.4) is 0 Å². The molecular formula is C39H38N4O3S2. The lowest BCUT2D eigenvalue weighted by Gasteiger charge is -2.15. The van der Waals surface area contributed by atoms with Crippen molar-refractivity contribution in [3.05, 3.63) is 136 Å². The van der Waals surface area contributed by atoms with Crippen molar-refractivity contribution in [2.45, 2.75) is 50.2 Å². The molecule has 3 amide bonds. The van der Waals surface area contributed by atoms with Crippen LogP contribution in [0, 0.1) is 6.92 Å². The number of nitrogens with zero attached hydrogens (tertiary/aromatic N) is 1. The van der Waals surface area contributed by atoms with Gasteiger partial charge in [0.25, 0.3) is 11.8 Å². The molecule has 0 spiro atoms. The molecule has 9 heteroatoms. The first-order chi connectivity index (χ1) is 23.2. The summed E-state index contributed by atoms with van der Waals surface area (Å²) < 4.78 is 0. The summed E-state index contributed by atoms with van der Waals surface area (Å²) >= 11 is 2.81. The standard InChI is InChI=1S/C39H38N4O3S2/c1-5-35(38(46)43-39-42-34(24-47-39)29-18-14-26(4)15-19-29)48-32-13-9-12-31(23-32)40-37(45)33(41-36(44)30-10-7-6-8-11-30)22-27-16-20-28(21-17-27)25(2)3/h6-25,35H,5H2,1-4H3,(H,40,45)(H,41,44)(H,42,43,46)/b33-22+. The van der Waals surface area contributed by atoms with Gasteiger partial charge in [-0.1, -0.05) is 99.1 Å². The molecule has 1 atom stereocenters. The molecule has 0 saturated carbocycles. The van der Waals surface area contributed by atoms with Gasteiger partial charge >= 0.3 is 0 Å². The lowest BCUT2D eigenvalue weighted by Crippen LogP contribution is -2.30. The van der Waals surface area contributed by atoms with Crippen LogP contribution in [0.15, 0.2) is 119 Å². The van der Waals surface area contributed by atoms with Gasteiger partial charge in [0.1, 0.15) is 5.70 Å². The van der Waals surface area contributed by atoms with Gasteiger partial charge in [0.05, 0.1) is 10.9 Å². The van der Waals surface area contributed by atoms with Crippen molar-refractivity contribution >= 4 is 57.7 Å². The van der Waals surface area contributed by atoms with E-state index >= 15 is 0 Å². The zero-order chi connectivity index (χ0) is 34.0. The summed E-state index contributed by atoms with van der Waals surface area (Å²) in [4.78, 5) is 45.4. The Balaban J connectivity index is 1.28. The van der Waals surface area contributed by atoms with Gasteiger partial charge in [0, 0.05) is 27.1 Å². The van der Waals surface area contributed by atoms with Gasteiger partial charge < -0.3 is 16.0 Å². The van der Waals surface area contributed by atoms with Crippen LogP contribution in [0.25, 0.3) is 17.3 Å². The van der Waals surface area contributed by atoms with Crippen molar-refractivity contribution in [1.82, 2.24) is 10.3 Å². The minimum atomic E-state index is -0.465. The van der Waals surface area contributed by atoms with Crippen LogP contribution in [-0.2, 0) is 9.59 Å². The van der Waals surface area contributed by atoms with E-state index in [9.17, 15) is 14.4 Å². The number of nitrogens with one attached hydrogen (secondary N) is 3. The van der Waals surface area contributed by atoms with Crippen LogP contribution < -0.4 is 16.0 Å². The number of anilines is 2. The topological polar surface area (TPSA) is 100 Å². The van der Waals surface area contributed by atoms with Crippen molar-refractivity contribution in [3.8, 4) is 11.3 Å². The molecule has 1 aromatic heterocycles. The number of carbonyl (C=O) groups is 3. The Labute approximate surface area is 289 Å². The minimum absolute atomic E-state index is 0.110. The maximum atomic E-state index is 13.6. The van der Waals surface area contributed by atoms with E-state index in [2.05, 4.69) is 34.8 Å². The number of aromatic nitrogens is 1. The molecule has 1 heterocycles. The van der Waals surface area contributed by atoms with E-state index in [4.69, 9.17) is 0 Å². The van der Waals surface area contributed by atoms with Crippen LogP contribution >= 0.6 is 23.1 Å². The number of rotatable bonds is 12. The predicted molar refractivity (Wildman–Crippen MR) is 198 cm³/mol. The van der Waals surface area contributed by atoms with E-state index in [0.717, 1.165) is 21.7 Å². The monoisotopic (exact) mass is 674 g/mol. The molecule has 0 aliphatic rings. The molecular weight excluding hydrogens is 637 g/mol. The van der Waals surface area contributed by atoms with Gasteiger partial charge in [-0.3, -0.25) is 14.4 Å². The van der Waals surface area contributed by atoms with Crippen LogP contribution in [-0.4, -0.2) is 28.0 Å². The maximum Gasteiger partial charge on any atom is 0.272 e. The number of carbonyl (C=O) groups excluding carboxylic acids is 3. The molecule has 3 N–H and O–H groups in total. The largest absolute Gasteiger partial charge is 0.321 e. The zero-order valence-corrected chi connectivity index (χ0v) is 29.0. The Morgan fingerprint density at radius 1 is 0.875 bits per heavy atom. The summed E-state index contributed by atoms with van der Waals surface area (Å²) in [5.41, 5.74) is 6.05. The van der Waals surface area contributed by atoms with Gasteiger partial charge in [0.15, 0.2) is 5.13 Å². The predicted octanol–water partition coefficient (Wildman–Crippen LogP) is 9.16. The first kappa shape index (κ1) is 34.3. The molecule has 0 fully saturated rings. The molecule has 4 aromatic carbocycles. The first-order valence-electron chi connectivity index (χ1n) is 15.8. The zero-order valence-electron chi connectivity index (χ0n) is 27.3. The second-order valence-corrected chi connectivity index (χ2v) is 13.7. The third-order valence-electron chi connectivity index (χ3n) is 7.56. The number of thiazole rings is 1. The van der Waals surface area contributed by atoms with Gasteiger partial charge in [-0.15, -0.1) is 23.1 Å². The second kappa shape index (κ2) is 16.2. The number of hydrogen-bond acceptors (Lipinski definition) is 6.